The van der Waals surface area contributed by atoms with Crippen molar-refractivity contribution >= 4 is 35.0 Å². The number of carbonyl (C=O) groups excluding carboxylic acids is 1. The molecule has 0 aliphatic carbocycles. The normalized spacial score (nSPS) is 13.5. The quantitative estimate of drug-likeness (QED) is 0.549. The van der Waals surface area contributed by atoms with Crippen LogP contribution in [0.1, 0.15) is 36.2 Å². The number of thioether (sulfide) groups is 1. The molecule has 3 aromatic rings. The van der Waals surface area contributed by atoms with Crippen molar-refractivity contribution in [2.75, 3.05) is 11.1 Å². The Morgan fingerprint density at radius 1 is 1.17 bits per heavy atom. The highest BCUT2D eigenvalue weighted by molar-refractivity contribution is 7.99. The van der Waals surface area contributed by atoms with Gasteiger partial charge in [0.25, 0.3) is 0 Å². The Kier molecular flexibility index (Phi) is 6.75. The van der Waals surface area contributed by atoms with Gasteiger partial charge in [0.05, 0.1) is 5.75 Å². The number of carbonyl (C=O) groups is 1. The number of nitrogens with one attached hydrogen (secondary N) is 1. The fraction of sp³-hybridized carbons (Fsp3) is 0.348. The molecule has 2 aromatic carbocycles. The highest BCUT2D eigenvalue weighted by Crippen LogP contribution is 2.27. The highest BCUT2D eigenvalue weighted by Gasteiger charge is 2.17. The van der Waals surface area contributed by atoms with Gasteiger partial charge in [-0.2, -0.15) is 0 Å². The predicted octanol–water partition coefficient (Wildman–Crippen LogP) is 5.51. The fourth-order valence-electron chi connectivity index (χ4n) is 3.67. The van der Waals surface area contributed by atoms with Crippen LogP contribution in [-0.4, -0.2) is 26.4 Å². The minimum absolute atomic E-state index is 0.0117. The number of amides is 1. The summed E-state index contributed by atoms with van der Waals surface area (Å²) < 4.78 is 2.23. The average Bonchev–Trinajstić information content (AvgIpc) is 2.98. The summed E-state index contributed by atoms with van der Waals surface area (Å²) in [5.41, 5.74) is 3.96. The maximum atomic E-state index is 12.5. The lowest BCUT2D eigenvalue weighted by atomic mass is 10.1. The zero-order chi connectivity index (χ0) is 20.9. The maximum absolute atomic E-state index is 12.5. The number of nitrogens with zero attached hydrogens (tertiary/aromatic N) is 3. The van der Waals surface area contributed by atoms with E-state index in [1.807, 2.05) is 43.3 Å². The molecule has 0 fully saturated rings. The Bertz CT molecular complexity index is 1050. The van der Waals surface area contributed by atoms with Crippen LogP contribution in [0.5, 0.6) is 0 Å². The summed E-state index contributed by atoms with van der Waals surface area (Å²) in [7, 11) is 0. The highest BCUT2D eigenvalue weighted by atomic mass is 35.5. The van der Waals surface area contributed by atoms with Crippen molar-refractivity contribution in [3.05, 3.63) is 64.4 Å². The summed E-state index contributed by atoms with van der Waals surface area (Å²) >= 11 is 7.60. The molecular formula is C23H25ClN4OS. The van der Waals surface area contributed by atoms with E-state index in [-0.39, 0.29) is 5.91 Å². The topological polar surface area (TPSA) is 59.8 Å². The van der Waals surface area contributed by atoms with Crippen LogP contribution in [0.3, 0.4) is 0 Å². The number of rotatable bonds is 6. The molecule has 0 bridgehead atoms. The number of anilines is 1. The molecule has 0 radical (unpaired) electrons. The summed E-state index contributed by atoms with van der Waals surface area (Å²) in [6.45, 7) is 2.95. The molecule has 5 nitrogen and oxygen atoms in total. The van der Waals surface area contributed by atoms with Crippen LogP contribution >= 0.6 is 23.4 Å². The first-order chi connectivity index (χ1) is 14.6. The van der Waals surface area contributed by atoms with Crippen LogP contribution in [0.15, 0.2) is 42.5 Å². The molecule has 0 atom stereocenters. The van der Waals surface area contributed by atoms with Crippen molar-refractivity contribution in [2.24, 2.45) is 0 Å². The van der Waals surface area contributed by atoms with E-state index >= 15 is 0 Å². The van der Waals surface area contributed by atoms with E-state index in [2.05, 4.69) is 26.1 Å². The van der Waals surface area contributed by atoms with Gasteiger partial charge in [0.1, 0.15) is 5.82 Å². The molecule has 1 amide bonds. The third-order valence-corrected chi connectivity index (χ3v) is 6.51. The zero-order valence-electron chi connectivity index (χ0n) is 17.0. The molecule has 156 valence electrons. The van der Waals surface area contributed by atoms with E-state index in [1.165, 1.54) is 12.8 Å². The molecule has 4 rings (SSSR count). The summed E-state index contributed by atoms with van der Waals surface area (Å²) in [5.74, 6) is 3.07. The molecule has 1 aliphatic heterocycles. The number of halogens is 1. The van der Waals surface area contributed by atoms with Gasteiger partial charge >= 0.3 is 0 Å². The number of aromatic nitrogens is 3. The average molecular weight is 441 g/mol. The van der Waals surface area contributed by atoms with Crippen molar-refractivity contribution in [1.29, 1.82) is 0 Å². The Balaban J connectivity index is 1.42. The molecular weight excluding hydrogens is 416 g/mol. The first-order valence-corrected chi connectivity index (χ1v) is 11.8. The second-order valence-electron chi connectivity index (χ2n) is 7.60. The zero-order valence-corrected chi connectivity index (χ0v) is 18.6. The Hall–Kier alpha value is -2.31. The minimum atomic E-state index is -0.0117. The van der Waals surface area contributed by atoms with Crippen molar-refractivity contribution in [1.82, 2.24) is 14.8 Å². The molecule has 1 aliphatic rings. The summed E-state index contributed by atoms with van der Waals surface area (Å²) in [6.07, 6.45) is 4.52. The van der Waals surface area contributed by atoms with Crippen LogP contribution in [0.4, 0.5) is 5.69 Å². The van der Waals surface area contributed by atoms with Crippen LogP contribution in [0.25, 0.3) is 11.4 Å². The first-order valence-electron chi connectivity index (χ1n) is 10.3. The number of fused-ring (bicyclic) bond motifs is 1. The van der Waals surface area contributed by atoms with Crippen molar-refractivity contribution in [3.63, 3.8) is 0 Å². The van der Waals surface area contributed by atoms with Gasteiger partial charge < -0.3 is 9.88 Å². The predicted molar refractivity (Wildman–Crippen MR) is 124 cm³/mol. The third-order valence-electron chi connectivity index (χ3n) is 5.27. The second-order valence-corrected chi connectivity index (χ2v) is 9.02. The maximum Gasteiger partial charge on any atom is 0.234 e. The molecule has 0 unspecified atom stereocenters. The number of hydrogen-bond acceptors (Lipinski definition) is 4. The van der Waals surface area contributed by atoms with Gasteiger partial charge in [0, 0.05) is 35.0 Å². The lowest BCUT2D eigenvalue weighted by Crippen LogP contribution is -2.15. The first kappa shape index (κ1) is 20.9. The summed E-state index contributed by atoms with van der Waals surface area (Å²) in [4.78, 5) is 12.5. The molecule has 0 spiro atoms. The van der Waals surface area contributed by atoms with E-state index in [0.717, 1.165) is 64.2 Å². The third kappa shape index (κ3) is 5.05. The molecule has 0 saturated heterocycles. The standard InChI is InChI=1S/C23H25ClN4OS/c1-16-9-10-18(23-27-26-21-8-3-2-4-11-28(21)23)13-20(16)25-22(29)15-30-14-17-6-5-7-19(24)12-17/h5-7,9-10,12-13H,2-4,8,11,14-15H2,1H3,(H,25,29). The summed E-state index contributed by atoms with van der Waals surface area (Å²) in [6, 6.07) is 13.8. The van der Waals surface area contributed by atoms with Crippen LogP contribution in [0, 0.1) is 6.92 Å². The van der Waals surface area contributed by atoms with Gasteiger partial charge in [-0.15, -0.1) is 22.0 Å². The van der Waals surface area contributed by atoms with E-state index in [0.29, 0.717) is 5.75 Å². The van der Waals surface area contributed by atoms with E-state index in [1.54, 1.807) is 11.8 Å². The van der Waals surface area contributed by atoms with Gasteiger partial charge in [-0.25, -0.2) is 0 Å². The molecule has 1 N–H and O–H groups in total. The summed E-state index contributed by atoms with van der Waals surface area (Å²) in [5, 5.41) is 12.6. The van der Waals surface area contributed by atoms with Crippen LogP contribution in [-0.2, 0) is 23.5 Å². The van der Waals surface area contributed by atoms with Gasteiger partial charge in [0.2, 0.25) is 5.91 Å². The number of benzene rings is 2. The van der Waals surface area contributed by atoms with E-state index in [9.17, 15) is 4.79 Å². The van der Waals surface area contributed by atoms with E-state index < -0.39 is 0 Å². The number of aryl methyl sites for hydroxylation is 2. The molecule has 0 saturated carbocycles. The Labute approximate surface area is 186 Å². The lowest BCUT2D eigenvalue weighted by Gasteiger charge is -2.12. The number of hydrogen-bond donors (Lipinski definition) is 1. The van der Waals surface area contributed by atoms with Gasteiger partial charge in [-0.3, -0.25) is 4.79 Å². The molecule has 2 heterocycles. The minimum Gasteiger partial charge on any atom is -0.325 e. The largest absolute Gasteiger partial charge is 0.325 e. The lowest BCUT2D eigenvalue weighted by molar-refractivity contribution is -0.113. The molecule has 30 heavy (non-hydrogen) atoms. The molecule has 7 heteroatoms. The molecule has 1 aromatic heterocycles. The van der Waals surface area contributed by atoms with E-state index in [4.69, 9.17) is 11.6 Å². The fourth-order valence-corrected chi connectivity index (χ4v) is 4.66. The monoisotopic (exact) mass is 440 g/mol. The van der Waals surface area contributed by atoms with Gasteiger partial charge in [-0.1, -0.05) is 42.3 Å². The van der Waals surface area contributed by atoms with Crippen molar-refractivity contribution in [2.45, 2.75) is 44.9 Å². The SMILES string of the molecule is Cc1ccc(-c2nnc3n2CCCCC3)cc1NC(=O)CSCc1cccc(Cl)c1. The van der Waals surface area contributed by atoms with Crippen LogP contribution in [0.2, 0.25) is 5.02 Å². The second kappa shape index (κ2) is 9.67. The van der Waals surface area contributed by atoms with Crippen molar-refractivity contribution < 1.29 is 4.79 Å². The smallest absolute Gasteiger partial charge is 0.234 e. The Morgan fingerprint density at radius 2 is 2.07 bits per heavy atom. The van der Waals surface area contributed by atoms with Crippen LogP contribution < -0.4 is 5.32 Å². The van der Waals surface area contributed by atoms with Gasteiger partial charge in [0.15, 0.2) is 5.82 Å². The van der Waals surface area contributed by atoms with Gasteiger partial charge in [-0.05, 0) is 49.1 Å². The van der Waals surface area contributed by atoms with Crippen molar-refractivity contribution in [3.8, 4) is 11.4 Å². The Morgan fingerprint density at radius 3 is 2.93 bits per heavy atom.